The van der Waals surface area contributed by atoms with E-state index in [4.69, 9.17) is 10.7 Å². The average molecular weight is 510 g/mol. The van der Waals surface area contributed by atoms with E-state index in [0.717, 1.165) is 11.1 Å². The Balaban J connectivity index is 1.70. The second-order valence-electron chi connectivity index (χ2n) is 10.3. The summed E-state index contributed by atoms with van der Waals surface area (Å²) in [6.45, 7) is 5.76. The number of quaternary nitrogens is 1. The lowest BCUT2D eigenvalue weighted by Crippen LogP contribution is -2.67. The van der Waals surface area contributed by atoms with Gasteiger partial charge in [0.2, 0.25) is 0 Å². The summed E-state index contributed by atoms with van der Waals surface area (Å²) in [5.74, 6) is -0.642. The summed E-state index contributed by atoms with van der Waals surface area (Å²) in [7, 11) is 1.63. The van der Waals surface area contributed by atoms with E-state index in [0.29, 0.717) is 34.3 Å². The lowest BCUT2D eigenvalue weighted by atomic mass is 9.96. The molecular formula is C29H29N6O3+. The molecule has 0 radical (unpaired) electrons. The molecule has 1 fully saturated rings. The number of aliphatic imine (C=N–C) groups is 1. The van der Waals surface area contributed by atoms with Crippen molar-refractivity contribution in [1.82, 2.24) is 14.7 Å². The Labute approximate surface area is 220 Å². The number of anilines is 2. The summed E-state index contributed by atoms with van der Waals surface area (Å²) in [4.78, 5) is 48.6. The molecule has 3 aromatic carbocycles. The van der Waals surface area contributed by atoms with Crippen molar-refractivity contribution in [3.63, 3.8) is 0 Å². The van der Waals surface area contributed by atoms with Crippen LogP contribution in [0, 0.1) is 0 Å². The highest BCUT2D eigenvalue weighted by molar-refractivity contribution is 6.25. The van der Waals surface area contributed by atoms with Crippen molar-refractivity contribution in [2.45, 2.75) is 38.9 Å². The molecule has 6 bridgehead atoms. The van der Waals surface area contributed by atoms with E-state index in [9.17, 15) is 14.4 Å². The Morgan fingerprint density at radius 2 is 1.63 bits per heavy atom. The number of benzene rings is 3. The third-order valence-corrected chi connectivity index (χ3v) is 7.52. The van der Waals surface area contributed by atoms with Crippen molar-refractivity contribution in [1.29, 1.82) is 0 Å². The third kappa shape index (κ3) is 3.12. The van der Waals surface area contributed by atoms with E-state index in [1.165, 1.54) is 10.1 Å². The van der Waals surface area contributed by atoms with Crippen molar-refractivity contribution in [2.75, 3.05) is 11.9 Å². The van der Waals surface area contributed by atoms with Gasteiger partial charge in [-0.15, -0.1) is 9.60 Å². The lowest BCUT2D eigenvalue weighted by molar-refractivity contribution is -0.166. The number of fused-ring (bicyclic) bond motifs is 1. The van der Waals surface area contributed by atoms with Gasteiger partial charge in [0.25, 0.3) is 6.17 Å². The highest BCUT2D eigenvalue weighted by atomic mass is 16.3. The second kappa shape index (κ2) is 8.34. The second-order valence-corrected chi connectivity index (χ2v) is 10.3. The van der Waals surface area contributed by atoms with E-state index in [-0.39, 0.29) is 0 Å². The van der Waals surface area contributed by atoms with Crippen molar-refractivity contribution < 1.29 is 14.4 Å². The topological polar surface area (TPSA) is 99.3 Å². The predicted octanol–water partition coefficient (Wildman–Crippen LogP) is 4.04. The first-order chi connectivity index (χ1) is 18.2. The zero-order valence-electron chi connectivity index (χ0n) is 21.7. The van der Waals surface area contributed by atoms with Crippen LogP contribution < -0.4 is 15.2 Å². The highest BCUT2D eigenvalue weighted by Gasteiger charge is 2.67. The Kier molecular flexibility index (Phi) is 5.27. The first-order valence-electron chi connectivity index (χ1n) is 12.7. The molecule has 4 aliphatic rings. The molecule has 4 heterocycles. The SMILES string of the molecule is CC(C)c1ccc(N2C(=O)N3C4N=C(c5ccccc5)c5c2cccc5[N@+](C)(C4=O)N3C(=O)[C@H](C)N)cc1. The summed E-state index contributed by atoms with van der Waals surface area (Å²) >= 11 is 0. The molecule has 3 aromatic rings. The van der Waals surface area contributed by atoms with Gasteiger partial charge in [-0.25, -0.2) is 14.6 Å². The van der Waals surface area contributed by atoms with Crippen molar-refractivity contribution in [3.05, 3.63) is 89.5 Å². The van der Waals surface area contributed by atoms with Crippen molar-refractivity contribution in [2.24, 2.45) is 10.7 Å². The molecule has 9 heteroatoms. The summed E-state index contributed by atoms with van der Waals surface area (Å²) in [5.41, 5.74) is 11.0. The van der Waals surface area contributed by atoms with Gasteiger partial charge in [-0.05, 0) is 36.6 Å². The number of hydrazine groups is 1. The highest BCUT2D eigenvalue weighted by Crippen LogP contribution is 2.48. The minimum atomic E-state index is -1.25. The molecule has 9 nitrogen and oxygen atoms in total. The first-order valence-corrected chi connectivity index (χ1v) is 12.7. The summed E-state index contributed by atoms with van der Waals surface area (Å²) in [6.07, 6.45) is -1.25. The predicted molar refractivity (Wildman–Crippen MR) is 145 cm³/mol. The number of carbonyl (C=O) groups is 3. The van der Waals surface area contributed by atoms with Gasteiger partial charge in [-0.3, -0.25) is 9.69 Å². The van der Waals surface area contributed by atoms with Gasteiger partial charge in [0.05, 0.1) is 28.7 Å². The number of hydrogen-bond donors (Lipinski definition) is 1. The van der Waals surface area contributed by atoms with Gasteiger partial charge in [-0.1, -0.05) is 67.5 Å². The van der Waals surface area contributed by atoms with Crippen LogP contribution in [0.3, 0.4) is 0 Å². The molecule has 0 aromatic heterocycles. The van der Waals surface area contributed by atoms with Crippen molar-refractivity contribution >= 4 is 40.6 Å². The largest absolute Gasteiger partial charge is 0.391 e. The first kappa shape index (κ1) is 24.0. The normalized spacial score (nSPS) is 22.5. The molecular weight excluding hydrogens is 480 g/mol. The molecule has 192 valence electrons. The van der Waals surface area contributed by atoms with Crippen LogP contribution in [0.25, 0.3) is 0 Å². The van der Waals surface area contributed by atoms with E-state index in [2.05, 4.69) is 13.8 Å². The molecule has 38 heavy (non-hydrogen) atoms. The summed E-state index contributed by atoms with van der Waals surface area (Å²) in [5, 5.41) is 2.36. The van der Waals surface area contributed by atoms with Gasteiger partial charge in [0.1, 0.15) is 7.05 Å². The van der Waals surface area contributed by atoms with Crippen LogP contribution >= 0.6 is 0 Å². The van der Waals surface area contributed by atoms with Crippen LogP contribution in [-0.4, -0.2) is 52.9 Å². The van der Waals surface area contributed by atoms with Gasteiger partial charge >= 0.3 is 17.8 Å². The molecule has 1 saturated heterocycles. The van der Waals surface area contributed by atoms with Crippen LogP contribution in [0.4, 0.5) is 21.9 Å². The number of rotatable bonds is 4. The fraction of sp³-hybridized carbons (Fsp3) is 0.241. The third-order valence-electron chi connectivity index (χ3n) is 7.52. The Bertz CT molecular complexity index is 1520. The number of hydrogen-bond acceptors (Lipinski definition) is 5. The molecule has 0 aliphatic carbocycles. The Morgan fingerprint density at radius 3 is 2.26 bits per heavy atom. The number of nitrogens with two attached hydrogens (primary N) is 1. The molecule has 7 rings (SSSR count). The van der Waals surface area contributed by atoms with Gasteiger partial charge in [0, 0.05) is 11.6 Å². The monoisotopic (exact) mass is 509 g/mol. The van der Waals surface area contributed by atoms with E-state index in [1.807, 2.05) is 66.7 Å². The summed E-state index contributed by atoms with van der Waals surface area (Å²) in [6, 6.07) is 21.3. The number of amides is 4. The number of carbonyl (C=O) groups excluding carboxylic acids is 3. The van der Waals surface area contributed by atoms with E-state index in [1.54, 1.807) is 24.9 Å². The molecule has 4 aliphatic heterocycles. The minimum absolute atomic E-state index is 0.319. The number of nitrogens with zero attached hydrogens (tertiary/aromatic N) is 5. The van der Waals surface area contributed by atoms with Crippen molar-refractivity contribution in [3.8, 4) is 0 Å². The van der Waals surface area contributed by atoms with Crippen LogP contribution in [-0.2, 0) is 9.59 Å². The zero-order chi connectivity index (χ0) is 26.9. The maximum Gasteiger partial charge on any atom is 0.391 e. The number of urea groups is 1. The van der Waals surface area contributed by atoms with Gasteiger partial charge in [-0.2, -0.15) is 0 Å². The number of likely N-dealkylation sites (N-methyl/N-ethyl adjacent to an activating group) is 1. The Hall–Kier alpha value is -4.34. The maximum absolute atomic E-state index is 14.4. The quantitative estimate of drug-likeness (QED) is 0.537. The van der Waals surface area contributed by atoms with Gasteiger partial charge in [0.15, 0.2) is 5.69 Å². The average Bonchev–Trinajstić information content (AvgIpc) is 3.07. The van der Waals surface area contributed by atoms with Gasteiger partial charge < -0.3 is 5.73 Å². The fourth-order valence-corrected chi connectivity index (χ4v) is 5.51. The maximum atomic E-state index is 14.4. The molecule has 3 atom stereocenters. The fourth-order valence-electron chi connectivity index (χ4n) is 5.51. The molecule has 0 saturated carbocycles. The smallest absolute Gasteiger partial charge is 0.320 e. The van der Waals surface area contributed by atoms with Crippen LogP contribution in [0.1, 0.15) is 43.4 Å². The van der Waals surface area contributed by atoms with E-state index < -0.39 is 34.6 Å². The van der Waals surface area contributed by atoms with Crippen LogP contribution in [0.5, 0.6) is 0 Å². The molecule has 2 N–H and O–H groups in total. The minimum Gasteiger partial charge on any atom is -0.320 e. The Morgan fingerprint density at radius 1 is 0.947 bits per heavy atom. The lowest BCUT2D eigenvalue weighted by Gasteiger charge is -2.42. The molecule has 1 unspecified atom stereocenters. The standard InChI is InChI=1S/C29H29N6O3/c1-17(2)19-13-15-21(16-14-19)32-22-11-8-12-23-24(22)25(20-9-6-5-7-10-20)31-26-28(37)35(23,4)34(27(36)18(3)30)33(26)29(32)38/h5-18,26H,30H2,1-4H3/q+1/t18-,26?,35+/m0/s1. The summed E-state index contributed by atoms with van der Waals surface area (Å²) < 4.78 is -0.556. The zero-order valence-corrected chi connectivity index (χ0v) is 21.7. The molecule has 4 amide bonds. The van der Waals surface area contributed by atoms with E-state index >= 15 is 0 Å². The van der Waals surface area contributed by atoms with Crippen LogP contribution in [0.2, 0.25) is 0 Å². The van der Waals surface area contributed by atoms with Crippen LogP contribution in [0.15, 0.2) is 77.8 Å². The molecule has 0 spiro atoms.